The minimum absolute atomic E-state index is 0.109. The number of nitrogens with one attached hydrogen (secondary N) is 1. The van der Waals surface area contributed by atoms with Crippen LogP contribution in [0.3, 0.4) is 0 Å². The summed E-state index contributed by atoms with van der Waals surface area (Å²) in [5.74, 6) is 0.828. The SMILES string of the molecule is O=C(C1COc2ccccc2C1)N(Cc1ccccc1)Cc1ccn[nH]1. The van der Waals surface area contributed by atoms with Crippen molar-refractivity contribution in [2.45, 2.75) is 19.5 Å². The molecule has 0 spiro atoms. The molecule has 0 saturated carbocycles. The Morgan fingerprint density at radius 2 is 1.88 bits per heavy atom. The minimum Gasteiger partial charge on any atom is -0.492 e. The minimum atomic E-state index is -0.170. The van der Waals surface area contributed by atoms with Crippen LogP contribution in [0.5, 0.6) is 5.75 Å². The van der Waals surface area contributed by atoms with Gasteiger partial charge >= 0.3 is 0 Å². The third-order valence-electron chi connectivity index (χ3n) is 4.68. The van der Waals surface area contributed by atoms with Gasteiger partial charge in [0.2, 0.25) is 5.91 Å². The van der Waals surface area contributed by atoms with Crippen LogP contribution in [0, 0.1) is 5.92 Å². The summed E-state index contributed by atoms with van der Waals surface area (Å²) in [5, 5.41) is 6.95. The van der Waals surface area contributed by atoms with Gasteiger partial charge in [-0.3, -0.25) is 9.89 Å². The fraction of sp³-hybridized carbons (Fsp3) is 0.238. The van der Waals surface area contributed by atoms with Crippen LogP contribution in [0.15, 0.2) is 66.9 Å². The molecule has 0 aliphatic carbocycles. The highest BCUT2D eigenvalue weighted by molar-refractivity contribution is 5.79. The van der Waals surface area contributed by atoms with E-state index in [1.165, 1.54) is 0 Å². The van der Waals surface area contributed by atoms with E-state index in [0.717, 1.165) is 22.6 Å². The van der Waals surface area contributed by atoms with Crippen molar-refractivity contribution < 1.29 is 9.53 Å². The Balaban J connectivity index is 1.54. The quantitative estimate of drug-likeness (QED) is 0.771. The highest BCUT2D eigenvalue weighted by atomic mass is 16.5. The molecule has 5 nitrogen and oxygen atoms in total. The van der Waals surface area contributed by atoms with E-state index < -0.39 is 0 Å². The molecule has 1 aromatic heterocycles. The number of carbonyl (C=O) groups is 1. The lowest BCUT2D eigenvalue weighted by atomic mass is 9.95. The van der Waals surface area contributed by atoms with E-state index in [1.807, 2.05) is 65.6 Å². The van der Waals surface area contributed by atoms with Crippen LogP contribution < -0.4 is 4.74 Å². The molecule has 1 unspecified atom stereocenters. The second-order valence-electron chi connectivity index (χ2n) is 6.58. The third-order valence-corrected chi connectivity index (χ3v) is 4.68. The summed E-state index contributed by atoms with van der Waals surface area (Å²) in [5.41, 5.74) is 3.13. The summed E-state index contributed by atoms with van der Waals surface area (Å²) in [4.78, 5) is 15.1. The number of hydrogen-bond donors (Lipinski definition) is 1. The molecule has 26 heavy (non-hydrogen) atoms. The zero-order valence-corrected chi connectivity index (χ0v) is 14.5. The van der Waals surface area contributed by atoms with Crippen molar-refractivity contribution >= 4 is 5.91 Å². The lowest BCUT2D eigenvalue weighted by molar-refractivity contribution is -0.138. The third kappa shape index (κ3) is 3.61. The van der Waals surface area contributed by atoms with Gasteiger partial charge in [0.05, 0.1) is 18.2 Å². The van der Waals surface area contributed by atoms with Crippen molar-refractivity contribution in [3.63, 3.8) is 0 Å². The van der Waals surface area contributed by atoms with Crippen molar-refractivity contribution in [1.29, 1.82) is 0 Å². The fourth-order valence-corrected chi connectivity index (χ4v) is 3.34. The van der Waals surface area contributed by atoms with Gasteiger partial charge in [0, 0.05) is 12.7 Å². The summed E-state index contributed by atoms with van der Waals surface area (Å²) in [6, 6.07) is 19.9. The van der Waals surface area contributed by atoms with Crippen LogP contribution >= 0.6 is 0 Å². The van der Waals surface area contributed by atoms with E-state index in [0.29, 0.717) is 26.1 Å². The Bertz CT molecular complexity index is 862. The maximum absolute atomic E-state index is 13.3. The lowest BCUT2D eigenvalue weighted by Gasteiger charge is -2.30. The topological polar surface area (TPSA) is 58.2 Å². The predicted octanol–water partition coefficient (Wildman–Crippen LogP) is 3.19. The molecule has 0 radical (unpaired) electrons. The van der Waals surface area contributed by atoms with Crippen LogP contribution in [-0.4, -0.2) is 27.6 Å². The molecular weight excluding hydrogens is 326 g/mol. The zero-order valence-electron chi connectivity index (χ0n) is 14.5. The predicted molar refractivity (Wildman–Crippen MR) is 98.4 cm³/mol. The van der Waals surface area contributed by atoms with Crippen LogP contribution in [0.4, 0.5) is 0 Å². The molecule has 132 valence electrons. The molecule has 2 aromatic carbocycles. The molecule has 0 fully saturated rings. The lowest BCUT2D eigenvalue weighted by Crippen LogP contribution is -2.40. The summed E-state index contributed by atoms with van der Waals surface area (Å²) < 4.78 is 5.83. The Kier molecular flexibility index (Phi) is 4.69. The number of H-pyrrole nitrogens is 1. The first-order chi connectivity index (χ1) is 12.8. The number of hydrogen-bond acceptors (Lipinski definition) is 3. The van der Waals surface area contributed by atoms with Gasteiger partial charge in [-0.25, -0.2) is 0 Å². The molecule has 5 heteroatoms. The summed E-state index contributed by atoms with van der Waals surface area (Å²) in [6.07, 6.45) is 2.42. The number of para-hydroxylation sites is 1. The fourth-order valence-electron chi connectivity index (χ4n) is 3.34. The van der Waals surface area contributed by atoms with E-state index in [-0.39, 0.29) is 11.8 Å². The summed E-state index contributed by atoms with van der Waals surface area (Å²) in [6.45, 7) is 1.49. The smallest absolute Gasteiger partial charge is 0.230 e. The summed E-state index contributed by atoms with van der Waals surface area (Å²) >= 11 is 0. The number of fused-ring (bicyclic) bond motifs is 1. The first kappa shape index (κ1) is 16.4. The number of aromatic amines is 1. The molecule has 2 heterocycles. The van der Waals surface area contributed by atoms with Gasteiger partial charge in [-0.1, -0.05) is 48.5 Å². The Labute approximate surface area is 152 Å². The molecule has 1 atom stereocenters. The Hall–Kier alpha value is -3.08. The van der Waals surface area contributed by atoms with Crippen molar-refractivity contribution in [2.75, 3.05) is 6.61 Å². The number of nitrogens with zero attached hydrogens (tertiary/aromatic N) is 2. The van der Waals surface area contributed by atoms with Gasteiger partial charge in [-0.15, -0.1) is 0 Å². The van der Waals surface area contributed by atoms with Crippen molar-refractivity contribution in [2.24, 2.45) is 5.92 Å². The molecule has 0 bridgehead atoms. The number of ether oxygens (including phenoxy) is 1. The molecule has 1 aliphatic heterocycles. The first-order valence-electron chi connectivity index (χ1n) is 8.81. The number of aromatic nitrogens is 2. The number of amides is 1. The van der Waals surface area contributed by atoms with E-state index >= 15 is 0 Å². The maximum Gasteiger partial charge on any atom is 0.230 e. The highest BCUT2D eigenvalue weighted by Crippen LogP contribution is 2.28. The average Bonchev–Trinajstić information content (AvgIpc) is 3.20. The molecule has 1 amide bonds. The molecular formula is C21H21N3O2. The molecule has 4 rings (SSSR count). The Morgan fingerprint density at radius 3 is 2.69 bits per heavy atom. The number of benzene rings is 2. The van der Waals surface area contributed by atoms with Crippen molar-refractivity contribution in [3.05, 3.63) is 83.7 Å². The second-order valence-corrected chi connectivity index (χ2v) is 6.58. The molecule has 0 saturated heterocycles. The van der Waals surface area contributed by atoms with Gasteiger partial charge in [0.1, 0.15) is 12.4 Å². The maximum atomic E-state index is 13.3. The Morgan fingerprint density at radius 1 is 1.08 bits per heavy atom. The van der Waals surface area contributed by atoms with Gasteiger partial charge in [0.15, 0.2) is 0 Å². The van der Waals surface area contributed by atoms with Crippen molar-refractivity contribution in [1.82, 2.24) is 15.1 Å². The number of rotatable bonds is 5. The van der Waals surface area contributed by atoms with Gasteiger partial charge in [-0.05, 0) is 29.7 Å². The van der Waals surface area contributed by atoms with Gasteiger partial charge in [0.25, 0.3) is 0 Å². The molecule has 1 N–H and O–H groups in total. The monoisotopic (exact) mass is 347 g/mol. The van der Waals surface area contributed by atoms with Crippen molar-refractivity contribution in [3.8, 4) is 5.75 Å². The average molecular weight is 347 g/mol. The van der Waals surface area contributed by atoms with E-state index in [9.17, 15) is 4.79 Å². The summed E-state index contributed by atoms with van der Waals surface area (Å²) in [7, 11) is 0. The second kappa shape index (κ2) is 7.44. The standard InChI is InChI=1S/C21H21N3O2/c25-21(18-12-17-8-4-5-9-20(17)26-15-18)24(14-19-10-11-22-23-19)13-16-6-2-1-3-7-16/h1-11,18H,12-15H2,(H,22,23). The van der Waals surface area contributed by atoms with Crippen LogP contribution in [0.25, 0.3) is 0 Å². The van der Waals surface area contributed by atoms with E-state index in [4.69, 9.17) is 4.74 Å². The van der Waals surface area contributed by atoms with Gasteiger partial charge in [-0.2, -0.15) is 5.10 Å². The normalized spacial score (nSPS) is 15.8. The van der Waals surface area contributed by atoms with E-state index in [2.05, 4.69) is 10.2 Å². The van der Waals surface area contributed by atoms with Crippen LogP contribution in [0.2, 0.25) is 0 Å². The van der Waals surface area contributed by atoms with Gasteiger partial charge < -0.3 is 9.64 Å². The first-order valence-corrected chi connectivity index (χ1v) is 8.81. The number of carbonyl (C=O) groups excluding carboxylic acids is 1. The molecule has 3 aromatic rings. The van der Waals surface area contributed by atoms with Crippen LogP contribution in [0.1, 0.15) is 16.8 Å². The zero-order chi connectivity index (χ0) is 17.8. The van der Waals surface area contributed by atoms with E-state index in [1.54, 1.807) is 6.20 Å². The van der Waals surface area contributed by atoms with Crippen LogP contribution in [-0.2, 0) is 24.3 Å². The molecule has 1 aliphatic rings. The highest BCUT2D eigenvalue weighted by Gasteiger charge is 2.29. The largest absolute Gasteiger partial charge is 0.492 e.